The van der Waals surface area contributed by atoms with Crippen molar-refractivity contribution in [3.8, 4) is 0 Å². The molecule has 2 unspecified atom stereocenters. The summed E-state index contributed by atoms with van der Waals surface area (Å²) in [7, 11) is 0. The van der Waals surface area contributed by atoms with E-state index >= 15 is 0 Å². The maximum atomic E-state index is 12.3. The molecular formula is C38H71NO3. The second-order valence-electron chi connectivity index (χ2n) is 12.3. The van der Waals surface area contributed by atoms with Crippen molar-refractivity contribution in [1.29, 1.82) is 0 Å². The minimum Gasteiger partial charge on any atom is -0.394 e. The largest absolute Gasteiger partial charge is 0.394 e. The normalized spacial score (nSPS) is 13.5. The minimum atomic E-state index is -0.862. The Hall–Kier alpha value is -1.39. The van der Waals surface area contributed by atoms with Crippen LogP contribution in [0.25, 0.3) is 0 Å². The standard InChI is InChI=1S/C38H71NO3/c1-3-5-7-9-11-13-15-17-18-19-20-21-22-23-25-27-29-31-33-37(41)36(35-40)39-38(42)34-32-30-28-26-24-16-14-12-10-8-6-4-2/h12,14,23,25,31,33,36-37,40-41H,3-11,13,15-22,24,26-30,32,34-35H2,1-2H3,(H,39,42)/b14-12-,25-23+,33-31+. The molecular weight excluding hydrogens is 518 g/mol. The molecule has 3 N–H and O–H groups in total. The molecule has 0 aliphatic heterocycles. The highest BCUT2D eigenvalue weighted by Gasteiger charge is 2.17. The maximum Gasteiger partial charge on any atom is 0.220 e. The van der Waals surface area contributed by atoms with Gasteiger partial charge in [-0.2, -0.15) is 0 Å². The molecule has 0 bridgehead atoms. The van der Waals surface area contributed by atoms with Gasteiger partial charge in [0.15, 0.2) is 0 Å². The van der Waals surface area contributed by atoms with Gasteiger partial charge in [-0.25, -0.2) is 0 Å². The molecule has 1 amide bonds. The smallest absolute Gasteiger partial charge is 0.220 e. The van der Waals surface area contributed by atoms with Gasteiger partial charge in [0.2, 0.25) is 5.91 Å². The van der Waals surface area contributed by atoms with Crippen molar-refractivity contribution in [2.24, 2.45) is 0 Å². The second-order valence-corrected chi connectivity index (χ2v) is 12.3. The molecule has 0 aliphatic carbocycles. The van der Waals surface area contributed by atoms with Gasteiger partial charge in [-0.1, -0.05) is 153 Å². The Balaban J connectivity index is 3.68. The van der Waals surface area contributed by atoms with E-state index in [-0.39, 0.29) is 12.5 Å². The molecule has 0 saturated heterocycles. The average molecular weight is 590 g/mol. The van der Waals surface area contributed by atoms with Crippen LogP contribution in [-0.4, -0.2) is 34.9 Å². The first-order valence-electron chi connectivity index (χ1n) is 18.2. The molecule has 246 valence electrons. The molecule has 4 nitrogen and oxygen atoms in total. The number of amides is 1. The fourth-order valence-corrected chi connectivity index (χ4v) is 5.25. The molecule has 0 aromatic carbocycles. The number of hydrogen-bond acceptors (Lipinski definition) is 3. The summed E-state index contributed by atoms with van der Waals surface area (Å²) in [5.41, 5.74) is 0. The highest BCUT2D eigenvalue weighted by molar-refractivity contribution is 5.76. The van der Waals surface area contributed by atoms with Crippen molar-refractivity contribution in [3.63, 3.8) is 0 Å². The Morgan fingerprint density at radius 1 is 0.548 bits per heavy atom. The summed E-state index contributed by atoms with van der Waals surface area (Å²) < 4.78 is 0. The minimum absolute atomic E-state index is 0.0859. The van der Waals surface area contributed by atoms with Gasteiger partial charge in [-0.15, -0.1) is 0 Å². The van der Waals surface area contributed by atoms with Crippen molar-refractivity contribution < 1.29 is 15.0 Å². The second kappa shape index (κ2) is 34.1. The van der Waals surface area contributed by atoms with E-state index in [1.807, 2.05) is 6.08 Å². The van der Waals surface area contributed by atoms with Crippen LogP contribution in [0.5, 0.6) is 0 Å². The molecule has 0 aromatic heterocycles. The molecule has 0 saturated carbocycles. The number of unbranched alkanes of at least 4 members (excludes halogenated alkanes) is 21. The molecule has 4 heteroatoms. The third-order valence-corrected chi connectivity index (χ3v) is 8.10. The van der Waals surface area contributed by atoms with Gasteiger partial charge in [-0.3, -0.25) is 4.79 Å². The van der Waals surface area contributed by atoms with Crippen LogP contribution in [-0.2, 0) is 4.79 Å². The number of carbonyl (C=O) groups is 1. The van der Waals surface area contributed by atoms with E-state index in [9.17, 15) is 15.0 Å². The van der Waals surface area contributed by atoms with Crippen LogP contribution in [0.2, 0.25) is 0 Å². The topological polar surface area (TPSA) is 69.6 Å². The van der Waals surface area contributed by atoms with Crippen LogP contribution >= 0.6 is 0 Å². The number of aliphatic hydroxyl groups is 2. The molecule has 0 fully saturated rings. The number of rotatable bonds is 32. The fourth-order valence-electron chi connectivity index (χ4n) is 5.25. The SMILES string of the molecule is CCCCC/C=C\CCCCCCCC(=O)NC(CO)C(O)/C=C/CC/C=C/CCCCCCCCCCCCCC. The van der Waals surface area contributed by atoms with Crippen molar-refractivity contribution in [3.05, 3.63) is 36.5 Å². The first kappa shape index (κ1) is 40.6. The average Bonchev–Trinajstić information content (AvgIpc) is 2.99. The summed E-state index contributed by atoms with van der Waals surface area (Å²) in [5.74, 6) is -0.0859. The quantitative estimate of drug-likeness (QED) is 0.0540. The first-order chi connectivity index (χ1) is 20.7. The lowest BCUT2D eigenvalue weighted by atomic mass is 10.0. The summed E-state index contributed by atoms with van der Waals surface area (Å²) in [4.78, 5) is 12.3. The predicted octanol–water partition coefficient (Wildman–Crippen LogP) is 10.7. The molecule has 0 rings (SSSR count). The van der Waals surface area contributed by atoms with Crippen molar-refractivity contribution >= 4 is 5.91 Å². The van der Waals surface area contributed by atoms with Crippen LogP contribution in [0.1, 0.15) is 181 Å². The maximum absolute atomic E-state index is 12.3. The Kier molecular flexibility index (Phi) is 33.0. The molecule has 42 heavy (non-hydrogen) atoms. The van der Waals surface area contributed by atoms with E-state index in [0.29, 0.717) is 6.42 Å². The Bertz CT molecular complexity index is 642. The molecule has 2 atom stereocenters. The Labute approximate surface area is 261 Å². The zero-order valence-electron chi connectivity index (χ0n) is 28.0. The molecule has 0 aromatic rings. The summed E-state index contributed by atoms with van der Waals surface area (Å²) in [6.45, 7) is 4.25. The van der Waals surface area contributed by atoms with E-state index in [0.717, 1.165) is 44.9 Å². The van der Waals surface area contributed by atoms with Gasteiger partial charge in [0.05, 0.1) is 18.8 Å². The molecule has 0 aliphatic rings. The summed E-state index contributed by atoms with van der Waals surface area (Å²) in [6, 6.07) is -0.640. The fraction of sp³-hybridized carbons (Fsp3) is 0.816. The zero-order chi connectivity index (χ0) is 30.8. The van der Waals surface area contributed by atoms with E-state index in [2.05, 4.69) is 43.5 Å². The van der Waals surface area contributed by atoms with E-state index < -0.39 is 12.1 Å². The lowest BCUT2D eigenvalue weighted by Crippen LogP contribution is -2.45. The monoisotopic (exact) mass is 590 g/mol. The number of carbonyl (C=O) groups excluding carboxylic acids is 1. The van der Waals surface area contributed by atoms with Gasteiger partial charge in [0, 0.05) is 6.42 Å². The summed E-state index contributed by atoms with van der Waals surface area (Å²) in [5, 5.41) is 22.8. The lowest BCUT2D eigenvalue weighted by Gasteiger charge is -2.19. The number of hydrogen-bond donors (Lipinski definition) is 3. The first-order valence-corrected chi connectivity index (χ1v) is 18.2. The van der Waals surface area contributed by atoms with Crippen LogP contribution in [0.15, 0.2) is 36.5 Å². The van der Waals surface area contributed by atoms with Crippen LogP contribution in [0.3, 0.4) is 0 Å². The highest BCUT2D eigenvalue weighted by atomic mass is 16.3. The highest BCUT2D eigenvalue weighted by Crippen LogP contribution is 2.13. The Morgan fingerprint density at radius 3 is 1.43 bits per heavy atom. The van der Waals surface area contributed by atoms with Crippen molar-refractivity contribution in [1.82, 2.24) is 5.32 Å². The van der Waals surface area contributed by atoms with Gasteiger partial charge >= 0.3 is 0 Å². The van der Waals surface area contributed by atoms with Gasteiger partial charge < -0.3 is 15.5 Å². The Morgan fingerprint density at radius 2 is 0.929 bits per heavy atom. The van der Waals surface area contributed by atoms with Crippen LogP contribution in [0.4, 0.5) is 0 Å². The summed E-state index contributed by atoms with van der Waals surface area (Å²) in [6.07, 6.45) is 43.7. The van der Waals surface area contributed by atoms with Crippen molar-refractivity contribution in [2.45, 2.75) is 193 Å². The predicted molar refractivity (Wildman–Crippen MR) is 184 cm³/mol. The van der Waals surface area contributed by atoms with Crippen LogP contribution in [0, 0.1) is 0 Å². The van der Waals surface area contributed by atoms with Gasteiger partial charge in [0.25, 0.3) is 0 Å². The van der Waals surface area contributed by atoms with E-state index in [1.54, 1.807) is 6.08 Å². The van der Waals surface area contributed by atoms with E-state index in [4.69, 9.17) is 0 Å². The number of nitrogens with one attached hydrogen (secondary N) is 1. The number of aliphatic hydroxyl groups excluding tert-OH is 2. The van der Waals surface area contributed by atoms with Gasteiger partial charge in [-0.05, 0) is 57.8 Å². The molecule has 0 spiro atoms. The van der Waals surface area contributed by atoms with Crippen LogP contribution < -0.4 is 5.32 Å². The van der Waals surface area contributed by atoms with E-state index in [1.165, 1.54) is 116 Å². The third-order valence-electron chi connectivity index (χ3n) is 8.10. The lowest BCUT2D eigenvalue weighted by molar-refractivity contribution is -0.123. The third kappa shape index (κ3) is 30.1. The molecule has 0 radical (unpaired) electrons. The number of allylic oxidation sites excluding steroid dienone is 5. The van der Waals surface area contributed by atoms with Gasteiger partial charge in [0.1, 0.15) is 0 Å². The molecule has 0 heterocycles. The van der Waals surface area contributed by atoms with Crippen molar-refractivity contribution in [2.75, 3.05) is 6.61 Å². The summed E-state index contributed by atoms with van der Waals surface area (Å²) >= 11 is 0. The zero-order valence-corrected chi connectivity index (χ0v) is 28.0.